The highest BCUT2D eigenvalue weighted by molar-refractivity contribution is 5.56. The van der Waals surface area contributed by atoms with Gasteiger partial charge in [-0.3, -0.25) is 9.97 Å². The molecule has 160 valence electrons. The van der Waals surface area contributed by atoms with Gasteiger partial charge >= 0.3 is 5.69 Å². The Kier molecular flexibility index (Phi) is 4.77. The first-order chi connectivity index (χ1) is 15.1. The van der Waals surface area contributed by atoms with Crippen LogP contribution in [0, 0.1) is 0 Å². The van der Waals surface area contributed by atoms with E-state index in [1.807, 2.05) is 30.0 Å². The number of fused-ring (bicyclic) bond motifs is 1. The Morgan fingerprint density at radius 2 is 2.16 bits per heavy atom. The summed E-state index contributed by atoms with van der Waals surface area (Å²) in [5, 5.41) is 17.8. The zero-order valence-corrected chi connectivity index (χ0v) is 17.0. The fourth-order valence-corrected chi connectivity index (χ4v) is 3.42. The number of rotatable bonds is 8. The van der Waals surface area contributed by atoms with Crippen molar-refractivity contribution in [3.05, 3.63) is 58.0 Å². The topological polar surface area (TPSA) is 140 Å². The second kappa shape index (κ2) is 7.74. The number of imidazole rings is 1. The summed E-state index contributed by atoms with van der Waals surface area (Å²) in [6, 6.07) is 6.20. The maximum Gasteiger partial charge on any atom is 0.325 e. The summed E-state index contributed by atoms with van der Waals surface area (Å²) in [6.45, 7) is 3.32. The van der Waals surface area contributed by atoms with Gasteiger partial charge in [0.05, 0.1) is 24.1 Å². The van der Waals surface area contributed by atoms with Crippen molar-refractivity contribution in [3.63, 3.8) is 0 Å². The number of aromatic hydroxyl groups is 1. The van der Waals surface area contributed by atoms with Gasteiger partial charge in [-0.05, 0) is 31.9 Å². The Labute approximate surface area is 177 Å². The molecule has 4 aromatic rings. The van der Waals surface area contributed by atoms with Gasteiger partial charge in [0.2, 0.25) is 17.8 Å². The van der Waals surface area contributed by atoms with Crippen LogP contribution in [0.15, 0.2) is 35.4 Å². The summed E-state index contributed by atoms with van der Waals surface area (Å²) < 4.78 is 1.67. The molecule has 0 amide bonds. The molecule has 0 atom stereocenters. The summed E-state index contributed by atoms with van der Waals surface area (Å²) in [4.78, 5) is 32.5. The van der Waals surface area contributed by atoms with E-state index in [4.69, 9.17) is 9.97 Å². The van der Waals surface area contributed by atoms with Crippen LogP contribution >= 0.6 is 0 Å². The number of nitrogens with zero attached hydrogens (tertiary/aromatic N) is 6. The molecule has 31 heavy (non-hydrogen) atoms. The lowest BCUT2D eigenvalue weighted by atomic mass is 10.2. The van der Waals surface area contributed by atoms with Crippen molar-refractivity contribution in [2.75, 3.05) is 16.8 Å². The second-order valence-electron chi connectivity index (χ2n) is 7.59. The number of nitrogens with one attached hydrogen (secondary N) is 3. The van der Waals surface area contributed by atoms with Crippen molar-refractivity contribution in [2.24, 2.45) is 0 Å². The third-order valence-corrected chi connectivity index (χ3v) is 5.23. The molecule has 0 radical (unpaired) electrons. The van der Waals surface area contributed by atoms with Crippen molar-refractivity contribution in [2.45, 2.75) is 38.8 Å². The van der Waals surface area contributed by atoms with E-state index >= 15 is 0 Å². The molecular weight excluding hydrogens is 398 g/mol. The van der Waals surface area contributed by atoms with Gasteiger partial charge in [0, 0.05) is 30.8 Å². The first-order valence-electron chi connectivity index (χ1n) is 10.3. The van der Waals surface area contributed by atoms with Crippen molar-refractivity contribution >= 4 is 17.5 Å². The van der Waals surface area contributed by atoms with Crippen LogP contribution in [0.5, 0.6) is 5.88 Å². The Bertz CT molecular complexity index is 1260. The third-order valence-electron chi connectivity index (χ3n) is 5.23. The molecule has 1 fully saturated rings. The molecule has 5 rings (SSSR count). The maximum absolute atomic E-state index is 11.5. The maximum atomic E-state index is 11.5. The molecule has 0 saturated heterocycles. The van der Waals surface area contributed by atoms with Crippen LogP contribution in [0.1, 0.15) is 36.7 Å². The molecule has 4 heterocycles. The molecule has 4 N–H and O–H groups in total. The summed E-state index contributed by atoms with van der Waals surface area (Å²) in [6.07, 6.45) is 5.93. The minimum Gasteiger partial charge on any atom is -0.493 e. The Morgan fingerprint density at radius 1 is 1.29 bits per heavy atom. The quantitative estimate of drug-likeness (QED) is 0.335. The molecule has 0 aliphatic heterocycles. The molecule has 1 saturated carbocycles. The fourth-order valence-electron chi connectivity index (χ4n) is 3.42. The van der Waals surface area contributed by atoms with Crippen molar-refractivity contribution in [1.29, 1.82) is 0 Å². The minimum atomic E-state index is -0.456. The highest BCUT2D eigenvalue weighted by atomic mass is 16.3. The summed E-state index contributed by atoms with van der Waals surface area (Å²) >= 11 is 0. The lowest BCUT2D eigenvalue weighted by molar-refractivity contribution is 0.450. The number of hydrogen-bond acceptors (Lipinski definition) is 8. The summed E-state index contributed by atoms with van der Waals surface area (Å²) in [7, 11) is 0. The molecule has 0 bridgehead atoms. The number of H-pyrrole nitrogens is 2. The van der Waals surface area contributed by atoms with Crippen molar-refractivity contribution in [1.82, 2.24) is 34.5 Å². The van der Waals surface area contributed by atoms with E-state index in [0.717, 1.165) is 24.1 Å². The highest BCUT2D eigenvalue weighted by Gasteiger charge is 2.25. The monoisotopic (exact) mass is 421 g/mol. The van der Waals surface area contributed by atoms with Gasteiger partial charge in [0.25, 0.3) is 0 Å². The van der Waals surface area contributed by atoms with Gasteiger partial charge in [-0.25, -0.2) is 4.79 Å². The molecule has 1 aliphatic rings. The number of hydrogen-bond donors (Lipinski definition) is 4. The number of pyridine rings is 1. The molecule has 11 nitrogen and oxygen atoms in total. The smallest absolute Gasteiger partial charge is 0.325 e. The lowest BCUT2D eigenvalue weighted by Gasteiger charge is -2.21. The van der Waals surface area contributed by atoms with Gasteiger partial charge < -0.3 is 20.3 Å². The van der Waals surface area contributed by atoms with Gasteiger partial charge in [-0.15, -0.1) is 0 Å². The largest absolute Gasteiger partial charge is 0.493 e. The predicted octanol–water partition coefficient (Wildman–Crippen LogP) is 1.43. The van der Waals surface area contributed by atoms with Gasteiger partial charge in [-0.1, -0.05) is 6.07 Å². The Morgan fingerprint density at radius 3 is 2.84 bits per heavy atom. The zero-order chi connectivity index (χ0) is 21.4. The minimum absolute atomic E-state index is 0.180. The van der Waals surface area contributed by atoms with E-state index < -0.39 is 5.69 Å². The average Bonchev–Trinajstić information content (AvgIpc) is 3.41. The Hall–Kier alpha value is -3.89. The molecule has 4 aromatic heterocycles. The number of aromatic amines is 2. The van der Waals surface area contributed by atoms with Gasteiger partial charge in [-0.2, -0.15) is 19.6 Å². The second-order valence-corrected chi connectivity index (χ2v) is 7.59. The summed E-state index contributed by atoms with van der Waals surface area (Å²) in [5.41, 5.74) is 2.24. The van der Waals surface area contributed by atoms with Gasteiger partial charge in [0.15, 0.2) is 5.65 Å². The molecule has 0 aromatic carbocycles. The van der Waals surface area contributed by atoms with E-state index in [-0.39, 0.29) is 12.3 Å². The zero-order valence-electron chi connectivity index (χ0n) is 17.0. The van der Waals surface area contributed by atoms with Crippen LogP contribution in [0.25, 0.3) is 5.65 Å². The van der Waals surface area contributed by atoms with E-state index in [9.17, 15) is 9.90 Å². The van der Waals surface area contributed by atoms with Crippen molar-refractivity contribution < 1.29 is 5.11 Å². The van der Waals surface area contributed by atoms with Crippen LogP contribution in [0.2, 0.25) is 0 Å². The molecule has 0 spiro atoms. The lowest BCUT2D eigenvalue weighted by Crippen LogP contribution is -2.26. The first kappa shape index (κ1) is 19.1. The van der Waals surface area contributed by atoms with Crippen LogP contribution in [-0.4, -0.2) is 52.2 Å². The molecule has 11 heteroatoms. The number of aromatic nitrogens is 7. The van der Waals surface area contributed by atoms with Crippen LogP contribution < -0.4 is 15.9 Å². The Balaban J connectivity index is 1.55. The van der Waals surface area contributed by atoms with E-state index in [2.05, 4.69) is 25.4 Å². The highest BCUT2D eigenvalue weighted by Crippen LogP contribution is 2.27. The average molecular weight is 421 g/mol. The van der Waals surface area contributed by atoms with Crippen LogP contribution in [0.4, 0.5) is 11.9 Å². The van der Waals surface area contributed by atoms with E-state index in [1.165, 1.54) is 0 Å². The predicted molar refractivity (Wildman–Crippen MR) is 114 cm³/mol. The van der Waals surface area contributed by atoms with Gasteiger partial charge in [0.1, 0.15) is 0 Å². The molecule has 0 unspecified atom stereocenters. The first-order valence-corrected chi connectivity index (χ1v) is 10.3. The van der Waals surface area contributed by atoms with Crippen LogP contribution in [0.3, 0.4) is 0 Å². The molecular formula is C20H23N9O2. The number of anilines is 2. The van der Waals surface area contributed by atoms with Crippen LogP contribution in [-0.2, 0) is 13.0 Å². The van der Waals surface area contributed by atoms with E-state index in [1.54, 1.807) is 16.9 Å². The summed E-state index contributed by atoms with van der Waals surface area (Å²) in [5.74, 6) is 1.01. The normalized spacial score (nSPS) is 13.6. The molecule has 1 aliphatic carbocycles. The SMILES string of the molecule is CCN(Cc1ccccn1)c1nc(NC2CC2)n2ncc(Cc3[nH]c(=O)[nH]c3O)c2n1. The standard InChI is InChI=1S/C20H23N9O2/c1-2-28(11-14-5-3-4-8-21-14)18-25-16-12(9-15-17(30)26-20(31)24-15)10-22-29(16)19(27-18)23-13-6-7-13/h3-5,8,10,13,30H,2,6-7,9,11H2,1H3,(H,23,25,27)(H2,24,26,31). The third kappa shape index (κ3) is 3.93. The van der Waals surface area contributed by atoms with E-state index in [0.29, 0.717) is 42.4 Å². The van der Waals surface area contributed by atoms with Crippen molar-refractivity contribution in [3.8, 4) is 5.88 Å². The fraction of sp³-hybridized carbons (Fsp3) is 0.350.